The number of carbonyl (C=O) groups is 1. The van der Waals surface area contributed by atoms with Gasteiger partial charge in [-0.05, 0) is 43.7 Å². The van der Waals surface area contributed by atoms with E-state index in [0.29, 0.717) is 5.56 Å². The van der Waals surface area contributed by atoms with E-state index in [1.165, 1.54) is 31.2 Å². The fourth-order valence-corrected chi connectivity index (χ4v) is 3.12. The molecule has 1 aromatic heterocycles. The quantitative estimate of drug-likeness (QED) is 0.860. The number of nitrogens with zero attached hydrogens (tertiary/aromatic N) is 1. The number of rotatable bonds is 5. The van der Waals surface area contributed by atoms with Gasteiger partial charge in [0.05, 0.1) is 4.90 Å². The Morgan fingerprint density at radius 3 is 2.19 bits per heavy atom. The van der Waals surface area contributed by atoms with Crippen molar-refractivity contribution >= 4 is 15.8 Å². The molecule has 0 amide bonds. The van der Waals surface area contributed by atoms with E-state index in [2.05, 4.69) is 9.71 Å². The second kappa shape index (κ2) is 6.15. The van der Waals surface area contributed by atoms with Gasteiger partial charge in [0.2, 0.25) is 10.0 Å². The lowest BCUT2D eigenvalue weighted by Crippen LogP contribution is -2.26. The number of hydrogen-bond acceptors (Lipinski definition) is 4. The number of aromatic nitrogens is 1. The van der Waals surface area contributed by atoms with E-state index in [1.54, 1.807) is 31.5 Å². The summed E-state index contributed by atoms with van der Waals surface area (Å²) in [6.07, 6.45) is 3.23. The molecule has 5 nitrogen and oxygen atoms in total. The zero-order valence-electron chi connectivity index (χ0n) is 11.8. The van der Waals surface area contributed by atoms with Gasteiger partial charge in [-0.25, -0.2) is 13.1 Å². The Morgan fingerprint density at radius 1 is 1.10 bits per heavy atom. The Hall–Kier alpha value is -2.05. The van der Waals surface area contributed by atoms with Gasteiger partial charge in [0.1, 0.15) is 0 Å². The zero-order valence-corrected chi connectivity index (χ0v) is 12.6. The van der Waals surface area contributed by atoms with Crippen LogP contribution in [0.5, 0.6) is 0 Å². The Kier molecular flexibility index (Phi) is 4.50. The van der Waals surface area contributed by atoms with Gasteiger partial charge in [0.15, 0.2) is 5.78 Å². The number of nitrogens with one attached hydrogen (secondary N) is 1. The van der Waals surface area contributed by atoms with Crippen molar-refractivity contribution in [3.05, 3.63) is 59.9 Å². The molecule has 21 heavy (non-hydrogen) atoms. The third-order valence-corrected chi connectivity index (χ3v) is 4.67. The molecule has 0 spiro atoms. The number of Topliss-reactive ketones (excluding diaryl/α,β-unsaturated/α-hetero) is 1. The van der Waals surface area contributed by atoms with Crippen molar-refractivity contribution in [1.29, 1.82) is 0 Å². The highest BCUT2D eigenvalue weighted by Gasteiger charge is 2.18. The molecule has 1 N–H and O–H groups in total. The molecule has 1 atom stereocenters. The molecule has 0 saturated carbocycles. The van der Waals surface area contributed by atoms with Crippen molar-refractivity contribution in [2.24, 2.45) is 0 Å². The summed E-state index contributed by atoms with van der Waals surface area (Å²) >= 11 is 0. The van der Waals surface area contributed by atoms with Crippen LogP contribution in [-0.2, 0) is 10.0 Å². The normalized spacial score (nSPS) is 12.9. The van der Waals surface area contributed by atoms with Crippen LogP contribution in [0, 0.1) is 0 Å². The predicted molar refractivity (Wildman–Crippen MR) is 79.4 cm³/mol. The van der Waals surface area contributed by atoms with E-state index < -0.39 is 10.0 Å². The van der Waals surface area contributed by atoms with Crippen LogP contribution in [0.1, 0.15) is 35.8 Å². The summed E-state index contributed by atoms with van der Waals surface area (Å²) in [4.78, 5) is 15.2. The third-order valence-electron chi connectivity index (χ3n) is 3.11. The fourth-order valence-electron chi connectivity index (χ4n) is 1.89. The zero-order chi connectivity index (χ0) is 15.5. The summed E-state index contributed by atoms with van der Waals surface area (Å²) in [6, 6.07) is 9.02. The van der Waals surface area contributed by atoms with Crippen LogP contribution < -0.4 is 4.72 Å². The van der Waals surface area contributed by atoms with Crippen LogP contribution in [0.25, 0.3) is 0 Å². The molecule has 6 heteroatoms. The molecule has 1 unspecified atom stereocenters. The van der Waals surface area contributed by atoms with Gasteiger partial charge in [-0.3, -0.25) is 9.78 Å². The maximum Gasteiger partial charge on any atom is 0.241 e. The molecule has 0 saturated heterocycles. The smallest absolute Gasteiger partial charge is 0.241 e. The summed E-state index contributed by atoms with van der Waals surface area (Å²) in [5, 5.41) is 0. The van der Waals surface area contributed by atoms with Crippen LogP contribution in [0.15, 0.2) is 53.7 Å². The number of pyridine rings is 1. The molecule has 110 valence electrons. The predicted octanol–water partition coefficient (Wildman–Crippen LogP) is 2.32. The summed E-state index contributed by atoms with van der Waals surface area (Å²) in [5.41, 5.74) is 1.31. The van der Waals surface area contributed by atoms with Gasteiger partial charge in [0.25, 0.3) is 0 Å². The SMILES string of the molecule is CC(=O)c1ccc(S(=O)(=O)NC(C)c2ccncc2)cc1. The minimum absolute atomic E-state index is 0.0999. The number of benzene rings is 1. The molecular formula is C15H16N2O3S. The topological polar surface area (TPSA) is 76.1 Å². The highest BCUT2D eigenvalue weighted by molar-refractivity contribution is 7.89. The monoisotopic (exact) mass is 304 g/mol. The molecule has 0 aliphatic rings. The maximum absolute atomic E-state index is 12.3. The molecular weight excluding hydrogens is 288 g/mol. The van der Waals surface area contributed by atoms with Gasteiger partial charge >= 0.3 is 0 Å². The molecule has 0 aliphatic carbocycles. The average Bonchev–Trinajstić information content (AvgIpc) is 2.48. The van der Waals surface area contributed by atoms with Gasteiger partial charge in [-0.2, -0.15) is 0 Å². The second-order valence-electron chi connectivity index (χ2n) is 4.70. The number of hydrogen-bond donors (Lipinski definition) is 1. The van der Waals surface area contributed by atoms with Crippen molar-refractivity contribution in [3.63, 3.8) is 0 Å². The van der Waals surface area contributed by atoms with Crippen molar-refractivity contribution in [2.45, 2.75) is 24.8 Å². The summed E-state index contributed by atoms with van der Waals surface area (Å²) in [5.74, 6) is -0.0999. The largest absolute Gasteiger partial charge is 0.295 e. The van der Waals surface area contributed by atoms with Crippen LogP contribution in [-0.4, -0.2) is 19.2 Å². The average molecular weight is 304 g/mol. The highest BCUT2D eigenvalue weighted by Crippen LogP contribution is 2.17. The van der Waals surface area contributed by atoms with Gasteiger partial charge in [-0.1, -0.05) is 12.1 Å². The molecule has 2 aromatic rings. The van der Waals surface area contributed by atoms with Gasteiger partial charge in [-0.15, -0.1) is 0 Å². The Bertz CT molecular complexity index is 725. The molecule has 0 bridgehead atoms. The molecule has 2 rings (SSSR count). The molecule has 1 aromatic carbocycles. The first-order valence-corrected chi connectivity index (χ1v) is 7.92. The molecule has 0 radical (unpaired) electrons. The lowest BCUT2D eigenvalue weighted by molar-refractivity contribution is 0.101. The van der Waals surface area contributed by atoms with E-state index >= 15 is 0 Å². The maximum atomic E-state index is 12.3. The van der Waals surface area contributed by atoms with Gasteiger partial charge < -0.3 is 0 Å². The summed E-state index contributed by atoms with van der Waals surface area (Å²) < 4.78 is 27.2. The minimum Gasteiger partial charge on any atom is -0.295 e. The van der Waals surface area contributed by atoms with Crippen LogP contribution in [0.2, 0.25) is 0 Å². The Balaban J connectivity index is 2.20. The van der Waals surface area contributed by atoms with Crippen LogP contribution >= 0.6 is 0 Å². The first-order chi connectivity index (χ1) is 9.90. The molecule has 0 fully saturated rings. The summed E-state index contributed by atoms with van der Waals surface area (Å²) in [6.45, 7) is 3.20. The lowest BCUT2D eigenvalue weighted by Gasteiger charge is -2.14. The number of sulfonamides is 1. The van der Waals surface area contributed by atoms with Crippen LogP contribution in [0.3, 0.4) is 0 Å². The molecule has 0 aliphatic heterocycles. The van der Waals surface area contributed by atoms with E-state index in [0.717, 1.165) is 5.56 Å². The number of carbonyl (C=O) groups excluding carboxylic acids is 1. The van der Waals surface area contributed by atoms with E-state index in [-0.39, 0.29) is 16.7 Å². The van der Waals surface area contributed by atoms with E-state index in [4.69, 9.17) is 0 Å². The Morgan fingerprint density at radius 2 is 1.67 bits per heavy atom. The summed E-state index contributed by atoms with van der Waals surface area (Å²) in [7, 11) is -3.63. The number of ketones is 1. The lowest BCUT2D eigenvalue weighted by atomic mass is 10.1. The third kappa shape index (κ3) is 3.74. The standard InChI is InChI=1S/C15H16N2O3S/c1-11(13-7-9-16-10-8-13)17-21(19,20)15-5-3-14(4-6-15)12(2)18/h3-11,17H,1-2H3. The fraction of sp³-hybridized carbons (Fsp3) is 0.200. The highest BCUT2D eigenvalue weighted by atomic mass is 32.2. The molecule has 1 heterocycles. The van der Waals surface area contributed by atoms with E-state index in [9.17, 15) is 13.2 Å². The van der Waals surface area contributed by atoms with Crippen molar-refractivity contribution < 1.29 is 13.2 Å². The van der Waals surface area contributed by atoms with Gasteiger partial charge in [0, 0.05) is 24.0 Å². The minimum atomic E-state index is -3.63. The first kappa shape index (κ1) is 15.3. The van der Waals surface area contributed by atoms with Crippen molar-refractivity contribution in [1.82, 2.24) is 9.71 Å². The van der Waals surface area contributed by atoms with Crippen molar-refractivity contribution in [2.75, 3.05) is 0 Å². The Labute approximate surface area is 124 Å². The first-order valence-electron chi connectivity index (χ1n) is 6.43. The van der Waals surface area contributed by atoms with Crippen LogP contribution in [0.4, 0.5) is 0 Å². The van der Waals surface area contributed by atoms with E-state index in [1.807, 2.05) is 0 Å². The second-order valence-corrected chi connectivity index (χ2v) is 6.42. The van der Waals surface area contributed by atoms with Crippen molar-refractivity contribution in [3.8, 4) is 0 Å².